The van der Waals surface area contributed by atoms with Gasteiger partial charge in [0.1, 0.15) is 0 Å². The third-order valence-corrected chi connectivity index (χ3v) is 7.48. The first-order valence-electron chi connectivity index (χ1n) is 11.2. The van der Waals surface area contributed by atoms with Crippen LogP contribution in [-0.2, 0) is 19.1 Å². The maximum absolute atomic E-state index is 14.3. The van der Waals surface area contributed by atoms with Crippen LogP contribution in [0.25, 0.3) is 0 Å². The molecule has 0 aromatic heterocycles. The molecule has 0 radical (unpaired) electrons. The normalized spacial score (nSPS) is 29.4. The van der Waals surface area contributed by atoms with E-state index in [4.69, 9.17) is 4.74 Å². The van der Waals surface area contributed by atoms with E-state index in [-0.39, 0.29) is 35.6 Å². The van der Waals surface area contributed by atoms with Gasteiger partial charge in [0.25, 0.3) is 5.91 Å². The Balaban J connectivity index is 1.79. The van der Waals surface area contributed by atoms with Crippen LogP contribution in [0.3, 0.4) is 0 Å². The van der Waals surface area contributed by atoms with Gasteiger partial charge in [0.05, 0.1) is 5.41 Å². The lowest BCUT2D eigenvalue weighted by molar-refractivity contribution is -0.196. The van der Waals surface area contributed by atoms with E-state index in [0.717, 1.165) is 11.1 Å². The van der Waals surface area contributed by atoms with Crippen molar-refractivity contribution in [2.24, 2.45) is 11.3 Å². The number of nitrogens with zero attached hydrogens (tertiary/aromatic N) is 2. The first kappa shape index (κ1) is 20.7. The molecule has 1 aliphatic heterocycles. The molecule has 6 heteroatoms. The third kappa shape index (κ3) is 2.49. The Bertz CT molecular complexity index is 1090. The summed E-state index contributed by atoms with van der Waals surface area (Å²) < 4.78 is 5.87. The van der Waals surface area contributed by atoms with Crippen LogP contribution in [0.4, 0.5) is 0 Å². The van der Waals surface area contributed by atoms with Gasteiger partial charge in [-0.15, -0.1) is 0 Å². The van der Waals surface area contributed by atoms with E-state index in [2.05, 4.69) is 24.3 Å². The Kier molecular flexibility index (Phi) is 4.49. The maximum Gasteiger partial charge on any atom is 0.304 e. The predicted molar refractivity (Wildman–Crippen MR) is 118 cm³/mol. The van der Waals surface area contributed by atoms with Crippen LogP contribution >= 0.6 is 0 Å². The Hall–Kier alpha value is -3.15. The van der Waals surface area contributed by atoms with Crippen molar-refractivity contribution in [3.05, 3.63) is 70.8 Å². The van der Waals surface area contributed by atoms with E-state index in [1.165, 1.54) is 35.0 Å². The predicted octanol–water partition coefficient (Wildman–Crippen LogP) is 3.80. The minimum atomic E-state index is -0.856. The standard InChI is InChI=1S/C26H28N2O4/c1-14(2)27(15(3)29)28-24(32-16(4)30)23-21-17-10-6-8-12-19(17)22(26(23,5)25(28)31)20-13-9-7-11-18(20)21/h6-14,21-24H,1-5H3/t21?,22?,23-,24-,26-/m1/s1. The minimum absolute atomic E-state index is 0.114. The summed E-state index contributed by atoms with van der Waals surface area (Å²) in [5.41, 5.74) is 3.78. The molecular formula is C26H28N2O4. The van der Waals surface area contributed by atoms with Crippen LogP contribution in [0.2, 0.25) is 0 Å². The monoisotopic (exact) mass is 432 g/mol. The van der Waals surface area contributed by atoms with E-state index in [1.807, 2.05) is 45.0 Å². The fraction of sp³-hybridized carbons (Fsp3) is 0.423. The molecule has 1 heterocycles. The number of benzene rings is 2. The first-order valence-corrected chi connectivity index (χ1v) is 11.2. The average Bonchev–Trinajstić information content (AvgIpc) is 2.95. The second-order valence-corrected chi connectivity index (χ2v) is 9.58. The smallest absolute Gasteiger partial charge is 0.304 e. The Morgan fingerprint density at radius 3 is 1.91 bits per heavy atom. The van der Waals surface area contributed by atoms with Gasteiger partial charge in [-0.3, -0.25) is 14.4 Å². The molecule has 1 saturated heterocycles. The van der Waals surface area contributed by atoms with Gasteiger partial charge < -0.3 is 4.74 Å². The lowest BCUT2D eigenvalue weighted by atomic mass is 9.48. The molecule has 0 unspecified atom stereocenters. The number of amides is 2. The summed E-state index contributed by atoms with van der Waals surface area (Å²) in [6, 6.07) is 16.2. The number of ether oxygens (including phenoxy) is 1. The lowest BCUT2D eigenvalue weighted by Gasteiger charge is -2.52. The van der Waals surface area contributed by atoms with Gasteiger partial charge in [-0.25, -0.2) is 10.0 Å². The second kappa shape index (κ2) is 6.92. The molecule has 32 heavy (non-hydrogen) atoms. The molecule has 0 N–H and O–H groups in total. The van der Waals surface area contributed by atoms with Gasteiger partial charge in [-0.1, -0.05) is 48.5 Å². The number of rotatable bonds is 3. The van der Waals surface area contributed by atoms with Crippen LogP contribution in [0.15, 0.2) is 48.5 Å². The number of carbonyl (C=O) groups excluding carboxylic acids is 3. The third-order valence-electron chi connectivity index (χ3n) is 7.48. The fourth-order valence-electron chi connectivity index (χ4n) is 6.54. The summed E-state index contributed by atoms with van der Waals surface area (Å²) in [5, 5.41) is 2.89. The van der Waals surface area contributed by atoms with E-state index in [0.29, 0.717) is 0 Å². The molecule has 2 amide bonds. The van der Waals surface area contributed by atoms with E-state index in [1.54, 1.807) is 0 Å². The molecule has 4 aliphatic rings. The SMILES string of the molecule is CC(=O)O[C@@H]1[C@H]2C3c4ccccc4C(c4ccccc43)[C@@]2(C)C(=O)N1N(C(C)=O)C(C)C. The molecular weight excluding hydrogens is 404 g/mol. The van der Waals surface area contributed by atoms with E-state index in [9.17, 15) is 14.4 Å². The number of hydrogen-bond donors (Lipinski definition) is 0. The summed E-state index contributed by atoms with van der Waals surface area (Å²) in [5.74, 6) is -1.49. The molecule has 2 aromatic carbocycles. The molecule has 2 aromatic rings. The highest BCUT2D eigenvalue weighted by Crippen LogP contribution is 2.68. The molecule has 0 spiro atoms. The number of carbonyl (C=O) groups is 3. The molecule has 3 aliphatic carbocycles. The summed E-state index contributed by atoms with van der Waals surface area (Å²) in [6.07, 6.45) is -0.856. The summed E-state index contributed by atoms with van der Waals surface area (Å²) in [6.45, 7) is 8.51. The molecule has 6 rings (SSSR count). The highest BCUT2D eigenvalue weighted by molar-refractivity contribution is 5.92. The number of hydrazine groups is 1. The first-order chi connectivity index (χ1) is 15.2. The van der Waals surface area contributed by atoms with Gasteiger partial charge in [0.2, 0.25) is 12.1 Å². The summed E-state index contributed by atoms with van der Waals surface area (Å²) in [7, 11) is 0. The van der Waals surface area contributed by atoms with Crippen molar-refractivity contribution in [2.75, 3.05) is 0 Å². The van der Waals surface area contributed by atoms with Crippen molar-refractivity contribution >= 4 is 17.8 Å². The van der Waals surface area contributed by atoms with Crippen LogP contribution in [-0.4, -0.2) is 40.1 Å². The second-order valence-electron chi connectivity index (χ2n) is 9.58. The fourth-order valence-corrected chi connectivity index (χ4v) is 6.54. The van der Waals surface area contributed by atoms with Crippen molar-refractivity contribution in [3.63, 3.8) is 0 Å². The summed E-state index contributed by atoms with van der Waals surface area (Å²) >= 11 is 0. The van der Waals surface area contributed by atoms with Crippen LogP contribution < -0.4 is 0 Å². The van der Waals surface area contributed by atoms with Crippen molar-refractivity contribution in [1.82, 2.24) is 10.0 Å². The Morgan fingerprint density at radius 1 is 0.969 bits per heavy atom. The van der Waals surface area contributed by atoms with E-state index < -0.39 is 17.6 Å². The zero-order valence-corrected chi connectivity index (χ0v) is 19.0. The van der Waals surface area contributed by atoms with Crippen molar-refractivity contribution in [2.45, 2.75) is 58.7 Å². The van der Waals surface area contributed by atoms with Crippen molar-refractivity contribution < 1.29 is 19.1 Å². The Labute approximate surface area is 188 Å². The quantitative estimate of drug-likeness (QED) is 0.692. The zero-order valence-electron chi connectivity index (χ0n) is 19.0. The minimum Gasteiger partial charge on any atom is -0.439 e. The number of hydrogen-bond acceptors (Lipinski definition) is 4. The highest BCUT2D eigenvalue weighted by atomic mass is 16.6. The van der Waals surface area contributed by atoms with Crippen LogP contribution in [0.1, 0.15) is 68.7 Å². The molecule has 6 nitrogen and oxygen atoms in total. The average molecular weight is 433 g/mol. The summed E-state index contributed by atoms with van der Waals surface area (Å²) in [4.78, 5) is 39.1. The van der Waals surface area contributed by atoms with Gasteiger partial charge in [-0.2, -0.15) is 0 Å². The zero-order chi connectivity index (χ0) is 22.9. The van der Waals surface area contributed by atoms with Crippen LogP contribution in [0, 0.1) is 11.3 Å². The molecule has 1 fully saturated rings. The van der Waals surface area contributed by atoms with Crippen molar-refractivity contribution in [3.8, 4) is 0 Å². The maximum atomic E-state index is 14.3. The topological polar surface area (TPSA) is 66.9 Å². The van der Waals surface area contributed by atoms with E-state index >= 15 is 0 Å². The molecule has 3 atom stereocenters. The molecule has 2 bridgehead atoms. The lowest BCUT2D eigenvalue weighted by Crippen LogP contribution is -2.55. The van der Waals surface area contributed by atoms with Crippen molar-refractivity contribution in [1.29, 1.82) is 0 Å². The van der Waals surface area contributed by atoms with Crippen LogP contribution in [0.5, 0.6) is 0 Å². The molecule has 0 saturated carbocycles. The highest BCUT2D eigenvalue weighted by Gasteiger charge is 2.70. The molecule has 166 valence electrons. The van der Waals surface area contributed by atoms with Gasteiger partial charge in [0, 0.05) is 37.6 Å². The largest absolute Gasteiger partial charge is 0.439 e. The van der Waals surface area contributed by atoms with Gasteiger partial charge in [0.15, 0.2) is 0 Å². The number of esters is 1. The van der Waals surface area contributed by atoms with Gasteiger partial charge in [-0.05, 0) is 43.0 Å². The Morgan fingerprint density at radius 2 is 1.47 bits per heavy atom. The van der Waals surface area contributed by atoms with Gasteiger partial charge >= 0.3 is 5.97 Å².